The first kappa shape index (κ1) is 23.6. The van der Waals surface area contributed by atoms with Gasteiger partial charge in [-0.15, -0.1) is 0 Å². The van der Waals surface area contributed by atoms with Crippen LogP contribution < -0.4 is 10.6 Å². The number of aliphatic hydroxyl groups is 1. The first-order chi connectivity index (χ1) is 16.3. The van der Waals surface area contributed by atoms with Gasteiger partial charge in [0.15, 0.2) is 0 Å². The van der Waals surface area contributed by atoms with Crippen LogP contribution in [0.2, 0.25) is 0 Å². The molecule has 3 aromatic heterocycles. The summed E-state index contributed by atoms with van der Waals surface area (Å²) in [7, 11) is 0. The standard InChI is InChI=1S/C24H27FN6O3/c1-24(2,33)21(25)13-28-23(32)18-12-29-31-14-16(19-4-3-15(10-26)11-27-19)9-20(31)22(18)30-17-5-7-34-8-6-17/h3-4,9,11-12,14,17,21,30,33H,5-8,13H2,1-2H3,(H,28,32)/t21-/m1/s1. The van der Waals surface area contributed by atoms with Gasteiger partial charge in [0.05, 0.1) is 46.4 Å². The number of nitriles is 1. The Balaban J connectivity index is 1.69. The lowest BCUT2D eigenvalue weighted by atomic mass is 10.0. The Kier molecular flexibility index (Phi) is 6.77. The molecule has 1 aliphatic heterocycles. The Morgan fingerprint density at radius 1 is 1.38 bits per heavy atom. The van der Waals surface area contributed by atoms with E-state index in [1.165, 1.54) is 26.2 Å². The number of hydrogen-bond acceptors (Lipinski definition) is 7. The Labute approximate surface area is 196 Å². The van der Waals surface area contributed by atoms with Crippen molar-refractivity contribution in [1.29, 1.82) is 5.26 Å². The molecule has 4 rings (SSSR count). The van der Waals surface area contributed by atoms with Gasteiger partial charge < -0.3 is 20.5 Å². The maximum atomic E-state index is 14.2. The topological polar surface area (TPSA) is 125 Å². The number of aromatic nitrogens is 3. The van der Waals surface area contributed by atoms with Crippen molar-refractivity contribution in [2.75, 3.05) is 25.1 Å². The molecule has 0 spiro atoms. The summed E-state index contributed by atoms with van der Waals surface area (Å²) in [6, 6.07) is 7.46. The summed E-state index contributed by atoms with van der Waals surface area (Å²) in [6.07, 6.45) is 4.68. The van der Waals surface area contributed by atoms with Gasteiger partial charge in [0.1, 0.15) is 12.2 Å². The molecule has 1 amide bonds. The number of alkyl halides is 1. The van der Waals surface area contributed by atoms with E-state index in [4.69, 9.17) is 10.00 Å². The zero-order chi connectivity index (χ0) is 24.3. The lowest BCUT2D eigenvalue weighted by molar-refractivity contribution is -0.00177. The summed E-state index contributed by atoms with van der Waals surface area (Å²) in [5.41, 5.74) is 1.86. The van der Waals surface area contributed by atoms with E-state index in [-0.39, 0.29) is 18.2 Å². The van der Waals surface area contributed by atoms with Crippen LogP contribution in [0.3, 0.4) is 0 Å². The SMILES string of the molecule is CC(C)(O)[C@H](F)CNC(=O)c1cnn2cc(-c3ccc(C#N)cn3)cc2c1NC1CCOCC1. The predicted molar refractivity (Wildman–Crippen MR) is 124 cm³/mol. The number of amides is 1. The molecule has 0 unspecified atom stereocenters. The Morgan fingerprint density at radius 3 is 2.79 bits per heavy atom. The minimum Gasteiger partial charge on any atom is -0.387 e. The van der Waals surface area contributed by atoms with Crippen LogP contribution in [0.5, 0.6) is 0 Å². The van der Waals surface area contributed by atoms with E-state index < -0.39 is 17.7 Å². The van der Waals surface area contributed by atoms with E-state index in [9.17, 15) is 14.3 Å². The van der Waals surface area contributed by atoms with Crippen LogP contribution in [-0.4, -0.2) is 63.2 Å². The van der Waals surface area contributed by atoms with Crippen molar-refractivity contribution < 1.29 is 19.0 Å². The molecule has 0 radical (unpaired) electrons. The molecule has 0 bridgehead atoms. The van der Waals surface area contributed by atoms with E-state index >= 15 is 0 Å². The van der Waals surface area contributed by atoms with Crippen molar-refractivity contribution >= 4 is 17.1 Å². The van der Waals surface area contributed by atoms with Gasteiger partial charge in [0, 0.05) is 37.2 Å². The molecule has 10 heteroatoms. The van der Waals surface area contributed by atoms with Crippen molar-refractivity contribution in [1.82, 2.24) is 19.9 Å². The highest BCUT2D eigenvalue weighted by atomic mass is 19.1. The van der Waals surface area contributed by atoms with Crippen LogP contribution in [0.15, 0.2) is 36.8 Å². The third kappa shape index (κ3) is 5.16. The van der Waals surface area contributed by atoms with Crippen LogP contribution in [0, 0.1) is 11.3 Å². The predicted octanol–water partition coefficient (Wildman–Crippen LogP) is 2.70. The van der Waals surface area contributed by atoms with Crippen molar-refractivity contribution in [2.45, 2.75) is 44.5 Å². The lowest BCUT2D eigenvalue weighted by Crippen LogP contribution is -2.42. The number of fused-ring (bicyclic) bond motifs is 1. The van der Waals surface area contributed by atoms with Crippen LogP contribution in [0.25, 0.3) is 16.8 Å². The number of pyridine rings is 1. The number of carbonyl (C=O) groups is 1. The minimum atomic E-state index is -1.62. The summed E-state index contributed by atoms with van der Waals surface area (Å²) >= 11 is 0. The van der Waals surface area contributed by atoms with Gasteiger partial charge in [-0.2, -0.15) is 10.4 Å². The molecule has 178 valence electrons. The average molecular weight is 467 g/mol. The zero-order valence-corrected chi connectivity index (χ0v) is 19.1. The second-order valence-electron chi connectivity index (χ2n) is 8.90. The molecule has 34 heavy (non-hydrogen) atoms. The smallest absolute Gasteiger partial charge is 0.255 e. The van der Waals surface area contributed by atoms with E-state index in [0.29, 0.717) is 35.7 Å². The van der Waals surface area contributed by atoms with Crippen LogP contribution >= 0.6 is 0 Å². The lowest BCUT2D eigenvalue weighted by Gasteiger charge is -2.26. The summed E-state index contributed by atoms with van der Waals surface area (Å²) < 4.78 is 21.3. The third-order valence-corrected chi connectivity index (χ3v) is 5.85. The maximum absolute atomic E-state index is 14.2. The second-order valence-corrected chi connectivity index (χ2v) is 8.90. The fourth-order valence-electron chi connectivity index (χ4n) is 3.72. The number of nitrogens with zero attached hydrogens (tertiary/aromatic N) is 4. The average Bonchev–Trinajstić information content (AvgIpc) is 3.27. The molecule has 0 aromatic carbocycles. The van der Waals surface area contributed by atoms with Crippen molar-refractivity contribution in [2.24, 2.45) is 0 Å². The molecule has 4 heterocycles. The second kappa shape index (κ2) is 9.75. The quantitative estimate of drug-likeness (QED) is 0.489. The van der Waals surface area contributed by atoms with E-state index in [1.54, 1.807) is 22.8 Å². The number of ether oxygens (including phenoxy) is 1. The van der Waals surface area contributed by atoms with Gasteiger partial charge in [0.25, 0.3) is 5.91 Å². The summed E-state index contributed by atoms with van der Waals surface area (Å²) in [6.45, 7) is 3.63. The van der Waals surface area contributed by atoms with E-state index in [1.807, 2.05) is 12.1 Å². The number of rotatable bonds is 7. The first-order valence-electron chi connectivity index (χ1n) is 11.1. The Hall–Kier alpha value is -3.55. The van der Waals surface area contributed by atoms with E-state index in [2.05, 4.69) is 20.7 Å². The summed E-state index contributed by atoms with van der Waals surface area (Å²) in [4.78, 5) is 17.4. The molecular weight excluding hydrogens is 439 g/mol. The van der Waals surface area contributed by atoms with Gasteiger partial charge >= 0.3 is 0 Å². The zero-order valence-electron chi connectivity index (χ0n) is 19.1. The monoisotopic (exact) mass is 466 g/mol. The summed E-state index contributed by atoms with van der Waals surface area (Å²) in [5, 5.41) is 29.3. The fraction of sp³-hybridized carbons (Fsp3) is 0.417. The van der Waals surface area contributed by atoms with Crippen molar-refractivity contribution in [3.8, 4) is 17.3 Å². The molecule has 3 aromatic rings. The van der Waals surface area contributed by atoms with E-state index in [0.717, 1.165) is 18.4 Å². The van der Waals surface area contributed by atoms with Gasteiger partial charge in [-0.3, -0.25) is 9.78 Å². The maximum Gasteiger partial charge on any atom is 0.255 e. The van der Waals surface area contributed by atoms with Gasteiger partial charge in [-0.1, -0.05) is 0 Å². The van der Waals surface area contributed by atoms with Crippen molar-refractivity contribution in [3.05, 3.63) is 47.9 Å². The molecule has 9 nitrogen and oxygen atoms in total. The number of carbonyl (C=O) groups excluding carboxylic acids is 1. The van der Waals surface area contributed by atoms with Gasteiger partial charge in [0.2, 0.25) is 0 Å². The van der Waals surface area contributed by atoms with Gasteiger partial charge in [-0.25, -0.2) is 8.91 Å². The molecule has 1 aliphatic rings. The van der Waals surface area contributed by atoms with Crippen LogP contribution in [0.1, 0.15) is 42.6 Å². The molecular formula is C24H27FN6O3. The molecule has 1 saturated heterocycles. The number of halogens is 1. The molecule has 0 saturated carbocycles. The first-order valence-corrected chi connectivity index (χ1v) is 11.1. The molecule has 1 fully saturated rings. The largest absolute Gasteiger partial charge is 0.387 e. The number of anilines is 1. The normalized spacial score (nSPS) is 15.6. The number of nitrogens with one attached hydrogen (secondary N) is 2. The highest BCUT2D eigenvalue weighted by Gasteiger charge is 2.28. The van der Waals surface area contributed by atoms with Crippen LogP contribution in [0.4, 0.5) is 10.1 Å². The highest BCUT2D eigenvalue weighted by Crippen LogP contribution is 2.29. The third-order valence-electron chi connectivity index (χ3n) is 5.85. The molecule has 1 atom stereocenters. The Morgan fingerprint density at radius 2 is 2.15 bits per heavy atom. The molecule has 3 N–H and O–H groups in total. The fourth-order valence-corrected chi connectivity index (χ4v) is 3.72. The van der Waals surface area contributed by atoms with Crippen molar-refractivity contribution in [3.63, 3.8) is 0 Å². The minimum absolute atomic E-state index is 0.100. The summed E-state index contributed by atoms with van der Waals surface area (Å²) in [5.74, 6) is -0.490. The Bertz CT molecular complexity index is 1210. The van der Waals surface area contributed by atoms with Crippen LogP contribution in [-0.2, 0) is 4.74 Å². The highest BCUT2D eigenvalue weighted by molar-refractivity contribution is 6.03. The van der Waals surface area contributed by atoms with Gasteiger partial charge in [-0.05, 0) is 44.9 Å². The molecule has 0 aliphatic carbocycles. The number of hydrogen-bond donors (Lipinski definition) is 3.